The van der Waals surface area contributed by atoms with Crippen molar-refractivity contribution in [3.8, 4) is 0 Å². The molecule has 9 heteroatoms. The first-order valence-corrected chi connectivity index (χ1v) is 9.67. The minimum absolute atomic E-state index is 0.0802. The smallest absolute Gasteiger partial charge is 0.335 e. The Kier molecular flexibility index (Phi) is 7.76. The van der Waals surface area contributed by atoms with E-state index in [0.717, 1.165) is 17.7 Å². The zero-order valence-corrected chi connectivity index (χ0v) is 17.0. The van der Waals surface area contributed by atoms with Crippen LogP contribution in [0.2, 0.25) is 0 Å². The second kappa shape index (κ2) is 10.3. The molecule has 1 atom stereocenters. The summed E-state index contributed by atoms with van der Waals surface area (Å²) in [4.78, 5) is 46.5. The second-order valence-corrected chi connectivity index (χ2v) is 7.69. The summed E-state index contributed by atoms with van der Waals surface area (Å²) in [7, 11) is 0. The molecule has 2 aromatic rings. The lowest BCUT2D eigenvalue weighted by atomic mass is 10.1. The third-order valence-electron chi connectivity index (χ3n) is 3.90. The number of hydrogen-bond donors (Lipinski definition) is 4. The van der Waals surface area contributed by atoms with E-state index in [1.807, 2.05) is 0 Å². The molecule has 1 unspecified atom stereocenters. The van der Waals surface area contributed by atoms with Gasteiger partial charge >= 0.3 is 11.9 Å². The van der Waals surface area contributed by atoms with Gasteiger partial charge in [0.05, 0.1) is 10.8 Å². The molecular formula is C21H20N2O6S. The normalized spacial score (nSPS) is 11.7. The molecule has 2 rings (SSSR count). The van der Waals surface area contributed by atoms with Gasteiger partial charge in [0, 0.05) is 28.4 Å². The molecule has 0 fully saturated rings. The van der Waals surface area contributed by atoms with Crippen LogP contribution in [0, 0.1) is 6.92 Å². The Labute approximate surface area is 177 Å². The number of carbonyl (C=O) groups is 4. The number of aromatic carboxylic acids is 1. The van der Waals surface area contributed by atoms with Gasteiger partial charge in [0.2, 0.25) is 11.8 Å². The van der Waals surface area contributed by atoms with E-state index < -0.39 is 23.1 Å². The Balaban J connectivity index is 2.04. The minimum Gasteiger partial charge on any atom is -0.478 e. The maximum absolute atomic E-state index is 12.5. The van der Waals surface area contributed by atoms with Gasteiger partial charge in [-0.15, -0.1) is 11.8 Å². The Morgan fingerprint density at radius 3 is 2.40 bits per heavy atom. The standard InChI is InChI=1S/C21H20N2O6S/c1-12-6-7-14(21(28)29)10-17(12)23-20(27)13(2)30-16-5-3-4-15(11-16)22-18(24)8-9-19(25)26/h3-11,13H,1-2H3,(H,22,24)(H,23,27)(H,25,26)(H,28,29)/b9-8+. The van der Waals surface area contributed by atoms with Crippen molar-refractivity contribution in [1.29, 1.82) is 0 Å². The number of carbonyl (C=O) groups excluding carboxylic acids is 2. The molecule has 0 aliphatic heterocycles. The summed E-state index contributed by atoms with van der Waals surface area (Å²) in [6.45, 7) is 3.47. The van der Waals surface area contributed by atoms with Crippen LogP contribution in [0.5, 0.6) is 0 Å². The molecule has 4 N–H and O–H groups in total. The average Bonchev–Trinajstić information content (AvgIpc) is 2.68. The summed E-state index contributed by atoms with van der Waals surface area (Å²) >= 11 is 1.25. The van der Waals surface area contributed by atoms with Crippen molar-refractivity contribution in [2.75, 3.05) is 10.6 Å². The molecule has 156 valence electrons. The van der Waals surface area contributed by atoms with Gasteiger partial charge in [-0.05, 0) is 49.7 Å². The highest BCUT2D eigenvalue weighted by molar-refractivity contribution is 8.00. The van der Waals surface area contributed by atoms with E-state index in [1.54, 1.807) is 44.2 Å². The largest absolute Gasteiger partial charge is 0.478 e. The first-order valence-electron chi connectivity index (χ1n) is 8.79. The number of anilines is 2. The molecule has 0 aliphatic rings. The van der Waals surface area contributed by atoms with E-state index in [0.29, 0.717) is 16.3 Å². The summed E-state index contributed by atoms with van der Waals surface area (Å²) in [6, 6.07) is 11.3. The number of carboxylic acids is 2. The monoisotopic (exact) mass is 428 g/mol. The van der Waals surface area contributed by atoms with Crippen molar-refractivity contribution in [1.82, 2.24) is 0 Å². The molecule has 0 aliphatic carbocycles. The topological polar surface area (TPSA) is 133 Å². The Bertz CT molecular complexity index is 1020. The lowest BCUT2D eigenvalue weighted by Crippen LogP contribution is -2.23. The van der Waals surface area contributed by atoms with Gasteiger partial charge in [0.15, 0.2) is 0 Å². The average molecular weight is 428 g/mol. The van der Waals surface area contributed by atoms with Gasteiger partial charge in [0.1, 0.15) is 0 Å². The van der Waals surface area contributed by atoms with Gasteiger partial charge in [-0.25, -0.2) is 9.59 Å². The summed E-state index contributed by atoms with van der Waals surface area (Å²) in [5.74, 6) is -3.19. The quantitative estimate of drug-likeness (QED) is 0.374. The van der Waals surface area contributed by atoms with Crippen molar-refractivity contribution in [3.05, 3.63) is 65.7 Å². The van der Waals surface area contributed by atoms with E-state index in [9.17, 15) is 19.2 Å². The first kappa shape index (κ1) is 22.7. The molecule has 0 bridgehead atoms. The molecule has 0 radical (unpaired) electrons. The van der Waals surface area contributed by atoms with Crippen LogP contribution in [0.15, 0.2) is 59.5 Å². The van der Waals surface area contributed by atoms with E-state index in [1.165, 1.54) is 23.9 Å². The van der Waals surface area contributed by atoms with Crippen molar-refractivity contribution < 1.29 is 29.4 Å². The fourth-order valence-corrected chi connectivity index (χ4v) is 3.29. The Hall–Kier alpha value is -3.59. The number of thioether (sulfide) groups is 1. The number of benzene rings is 2. The number of nitrogens with one attached hydrogen (secondary N) is 2. The molecular weight excluding hydrogens is 408 g/mol. The highest BCUT2D eigenvalue weighted by atomic mass is 32.2. The van der Waals surface area contributed by atoms with Crippen LogP contribution in [0.3, 0.4) is 0 Å². The number of aliphatic carboxylic acids is 1. The summed E-state index contributed by atoms with van der Waals surface area (Å²) in [5.41, 5.74) is 1.71. The van der Waals surface area contributed by atoms with Crippen LogP contribution in [-0.4, -0.2) is 39.2 Å². The summed E-state index contributed by atoms with van der Waals surface area (Å²) < 4.78 is 0. The molecule has 2 amide bonds. The maximum Gasteiger partial charge on any atom is 0.335 e. The number of aryl methyl sites for hydroxylation is 1. The molecule has 30 heavy (non-hydrogen) atoms. The predicted octanol–water partition coefficient (Wildman–Crippen LogP) is 3.39. The zero-order chi connectivity index (χ0) is 22.3. The van der Waals surface area contributed by atoms with Crippen molar-refractivity contribution in [3.63, 3.8) is 0 Å². The number of rotatable bonds is 8. The van der Waals surface area contributed by atoms with E-state index >= 15 is 0 Å². The SMILES string of the molecule is Cc1ccc(C(=O)O)cc1NC(=O)C(C)Sc1cccc(NC(=O)/C=C/C(=O)O)c1. The third-order valence-corrected chi connectivity index (χ3v) is 5.00. The molecule has 8 nitrogen and oxygen atoms in total. The van der Waals surface area contributed by atoms with Crippen LogP contribution in [-0.2, 0) is 14.4 Å². The Morgan fingerprint density at radius 1 is 1.00 bits per heavy atom. The Morgan fingerprint density at radius 2 is 1.73 bits per heavy atom. The fraction of sp³-hybridized carbons (Fsp3) is 0.143. The van der Waals surface area contributed by atoms with Crippen LogP contribution < -0.4 is 10.6 Å². The number of hydrogen-bond acceptors (Lipinski definition) is 5. The van der Waals surface area contributed by atoms with Gasteiger partial charge in [-0.2, -0.15) is 0 Å². The van der Waals surface area contributed by atoms with Crippen molar-refractivity contribution in [2.24, 2.45) is 0 Å². The molecule has 0 spiro atoms. The molecule has 0 saturated heterocycles. The fourth-order valence-electron chi connectivity index (χ4n) is 2.36. The maximum atomic E-state index is 12.5. The van der Waals surface area contributed by atoms with E-state index in [2.05, 4.69) is 10.6 Å². The van der Waals surface area contributed by atoms with Gasteiger partial charge in [-0.1, -0.05) is 12.1 Å². The minimum atomic E-state index is -1.22. The summed E-state index contributed by atoms with van der Waals surface area (Å²) in [5, 5.41) is 22.4. The van der Waals surface area contributed by atoms with Crippen molar-refractivity contribution >= 4 is 46.9 Å². The number of carboxylic acid groups (broad SMARTS) is 2. The molecule has 0 heterocycles. The predicted molar refractivity (Wildman–Crippen MR) is 114 cm³/mol. The van der Waals surface area contributed by atoms with Crippen LogP contribution >= 0.6 is 11.8 Å². The number of amides is 2. The van der Waals surface area contributed by atoms with Crippen LogP contribution in [0.4, 0.5) is 11.4 Å². The molecule has 0 saturated carbocycles. The van der Waals surface area contributed by atoms with Crippen LogP contribution in [0.1, 0.15) is 22.8 Å². The van der Waals surface area contributed by atoms with Gasteiger partial charge in [-0.3, -0.25) is 9.59 Å². The van der Waals surface area contributed by atoms with Gasteiger partial charge < -0.3 is 20.8 Å². The van der Waals surface area contributed by atoms with Gasteiger partial charge in [0.25, 0.3) is 0 Å². The van der Waals surface area contributed by atoms with Crippen molar-refractivity contribution in [2.45, 2.75) is 24.0 Å². The zero-order valence-electron chi connectivity index (χ0n) is 16.2. The molecule has 2 aromatic carbocycles. The van der Waals surface area contributed by atoms with Crippen LogP contribution in [0.25, 0.3) is 0 Å². The highest BCUT2D eigenvalue weighted by Crippen LogP contribution is 2.27. The highest BCUT2D eigenvalue weighted by Gasteiger charge is 2.17. The third kappa shape index (κ3) is 6.78. The lowest BCUT2D eigenvalue weighted by Gasteiger charge is -2.14. The molecule has 0 aromatic heterocycles. The first-order chi connectivity index (χ1) is 14.2. The lowest BCUT2D eigenvalue weighted by molar-refractivity contribution is -0.131. The van der Waals surface area contributed by atoms with E-state index in [4.69, 9.17) is 10.2 Å². The second-order valence-electron chi connectivity index (χ2n) is 6.27. The van der Waals surface area contributed by atoms with E-state index in [-0.39, 0.29) is 11.5 Å². The summed E-state index contributed by atoms with van der Waals surface area (Å²) in [6.07, 6.45) is 1.65.